The van der Waals surface area contributed by atoms with Crippen LogP contribution < -0.4 is 0 Å². The van der Waals surface area contributed by atoms with Crippen LogP contribution in [0.2, 0.25) is 0 Å². The Bertz CT molecular complexity index is 896. The number of benzene rings is 1. The molecule has 3 aromatic rings. The topological polar surface area (TPSA) is 59.1 Å². The number of hydrogen-bond acceptors (Lipinski definition) is 4. The summed E-state index contributed by atoms with van der Waals surface area (Å²) >= 11 is 0. The van der Waals surface area contributed by atoms with Gasteiger partial charge in [0.2, 0.25) is 0 Å². The molecule has 0 saturated heterocycles. The molecule has 0 unspecified atom stereocenters. The predicted molar refractivity (Wildman–Crippen MR) is 97.3 cm³/mol. The zero-order valence-electron chi connectivity index (χ0n) is 14.7. The van der Waals surface area contributed by atoms with Crippen molar-refractivity contribution in [3.05, 3.63) is 71.6 Å². The van der Waals surface area contributed by atoms with Gasteiger partial charge in [-0.1, -0.05) is 30.3 Å². The molecule has 0 radical (unpaired) electrons. The third-order valence-electron chi connectivity index (χ3n) is 5.35. The van der Waals surface area contributed by atoms with Crippen LogP contribution >= 0.6 is 0 Å². The second kappa shape index (κ2) is 6.37. The maximum atomic E-state index is 10.6. The van der Waals surface area contributed by atoms with E-state index in [4.69, 9.17) is 0 Å². The van der Waals surface area contributed by atoms with Gasteiger partial charge in [-0.25, -0.2) is 4.98 Å². The van der Waals surface area contributed by atoms with Crippen LogP contribution in [0.5, 0.6) is 0 Å². The van der Waals surface area contributed by atoms with E-state index in [1.807, 2.05) is 47.3 Å². The average molecular weight is 349 g/mol. The molecule has 3 heterocycles. The molecular formula is C20H23N5O. The summed E-state index contributed by atoms with van der Waals surface area (Å²) in [5, 5.41) is 15.2. The SMILES string of the molecule is O[C@H](c1ccccc1)c1cc2n(n1)CCN(Cc1nccn1C1CC1)C2. The van der Waals surface area contributed by atoms with Crippen LogP contribution in [0.25, 0.3) is 0 Å². The Balaban J connectivity index is 1.32. The molecule has 1 fully saturated rings. The van der Waals surface area contributed by atoms with E-state index in [9.17, 15) is 5.11 Å². The highest BCUT2D eigenvalue weighted by molar-refractivity contribution is 5.27. The van der Waals surface area contributed by atoms with Crippen LogP contribution in [0.4, 0.5) is 0 Å². The largest absolute Gasteiger partial charge is 0.382 e. The summed E-state index contributed by atoms with van der Waals surface area (Å²) in [6.07, 6.45) is 5.90. The third-order valence-corrected chi connectivity index (χ3v) is 5.35. The van der Waals surface area contributed by atoms with Gasteiger partial charge in [0.15, 0.2) is 0 Å². The second-order valence-electron chi connectivity index (χ2n) is 7.29. The maximum Gasteiger partial charge on any atom is 0.123 e. The van der Waals surface area contributed by atoms with Gasteiger partial charge in [-0.05, 0) is 24.5 Å². The number of hydrogen-bond donors (Lipinski definition) is 1. The van der Waals surface area contributed by atoms with Gasteiger partial charge in [0, 0.05) is 31.5 Å². The molecule has 6 heteroatoms. The van der Waals surface area contributed by atoms with E-state index in [2.05, 4.69) is 25.7 Å². The predicted octanol–water partition coefficient (Wildman–Crippen LogP) is 2.51. The zero-order valence-corrected chi connectivity index (χ0v) is 14.7. The summed E-state index contributed by atoms with van der Waals surface area (Å²) in [5.41, 5.74) is 2.77. The van der Waals surface area contributed by atoms with Crippen LogP contribution in [-0.2, 0) is 19.6 Å². The number of aromatic nitrogens is 4. The van der Waals surface area contributed by atoms with Gasteiger partial charge >= 0.3 is 0 Å². The highest BCUT2D eigenvalue weighted by Gasteiger charge is 2.27. The molecule has 1 N–H and O–H groups in total. The first-order chi connectivity index (χ1) is 12.8. The first kappa shape index (κ1) is 15.8. The first-order valence-corrected chi connectivity index (χ1v) is 9.31. The average Bonchev–Trinajstić information content (AvgIpc) is 3.26. The van der Waals surface area contributed by atoms with Crippen molar-refractivity contribution in [3.63, 3.8) is 0 Å². The monoisotopic (exact) mass is 349 g/mol. The Kier molecular flexibility index (Phi) is 3.87. The summed E-state index contributed by atoms with van der Waals surface area (Å²) in [7, 11) is 0. The number of aliphatic hydroxyl groups is 1. The minimum absolute atomic E-state index is 0.662. The van der Waals surface area contributed by atoms with Crippen molar-refractivity contribution in [1.82, 2.24) is 24.2 Å². The van der Waals surface area contributed by atoms with Gasteiger partial charge in [-0.15, -0.1) is 0 Å². The Hall–Kier alpha value is -2.44. The minimum atomic E-state index is -0.670. The van der Waals surface area contributed by atoms with Gasteiger partial charge in [-0.2, -0.15) is 5.10 Å². The molecule has 5 rings (SSSR count). The minimum Gasteiger partial charge on any atom is -0.382 e. The normalized spacial score (nSPS) is 18.7. The first-order valence-electron chi connectivity index (χ1n) is 9.31. The fraction of sp³-hybridized carbons (Fsp3) is 0.400. The smallest absolute Gasteiger partial charge is 0.123 e. The van der Waals surface area contributed by atoms with E-state index in [1.165, 1.54) is 12.8 Å². The molecule has 6 nitrogen and oxygen atoms in total. The van der Waals surface area contributed by atoms with Crippen molar-refractivity contribution in [1.29, 1.82) is 0 Å². The van der Waals surface area contributed by atoms with Crippen LogP contribution in [0, 0.1) is 0 Å². The van der Waals surface area contributed by atoms with Gasteiger partial charge in [0.05, 0.1) is 24.5 Å². The number of nitrogens with zero attached hydrogens (tertiary/aromatic N) is 5. The quantitative estimate of drug-likeness (QED) is 0.769. The summed E-state index contributed by atoms with van der Waals surface area (Å²) < 4.78 is 4.36. The summed E-state index contributed by atoms with van der Waals surface area (Å²) in [6.45, 7) is 3.51. The lowest BCUT2D eigenvalue weighted by molar-refractivity contribution is 0.195. The summed E-state index contributed by atoms with van der Waals surface area (Å²) in [5.74, 6) is 1.16. The van der Waals surface area contributed by atoms with E-state index < -0.39 is 6.10 Å². The van der Waals surface area contributed by atoms with Crippen molar-refractivity contribution < 1.29 is 5.11 Å². The lowest BCUT2D eigenvalue weighted by Gasteiger charge is -2.27. The van der Waals surface area contributed by atoms with Crippen molar-refractivity contribution in [2.75, 3.05) is 6.54 Å². The highest BCUT2D eigenvalue weighted by Crippen LogP contribution is 2.35. The van der Waals surface area contributed by atoms with E-state index in [0.29, 0.717) is 6.04 Å². The molecule has 1 aliphatic heterocycles. The van der Waals surface area contributed by atoms with Gasteiger partial charge in [0.1, 0.15) is 11.9 Å². The van der Waals surface area contributed by atoms with E-state index in [0.717, 1.165) is 49.0 Å². The number of imidazole rings is 1. The van der Waals surface area contributed by atoms with Crippen LogP contribution in [0.1, 0.15) is 47.8 Å². The van der Waals surface area contributed by atoms with Gasteiger partial charge < -0.3 is 9.67 Å². The zero-order chi connectivity index (χ0) is 17.5. The number of aliphatic hydroxyl groups excluding tert-OH is 1. The number of rotatable bonds is 5. The van der Waals surface area contributed by atoms with Crippen LogP contribution in [-0.4, -0.2) is 35.9 Å². The van der Waals surface area contributed by atoms with Gasteiger partial charge in [-0.3, -0.25) is 9.58 Å². The Morgan fingerprint density at radius 1 is 1.15 bits per heavy atom. The molecule has 134 valence electrons. The molecule has 0 amide bonds. The summed E-state index contributed by atoms with van der Waals surface area (Å²) in [6, 6.07) is 12.4. The molecule has 26 heavy (non-hydrogen) atoms. The fourth-order valence-electron chi connectivity index (χ4n) is 3.77. The van der Waals surface area contributed by atoms with Crippen molar-refractivity contribution in [2.45, 2.75) is 44.6 Å². The van der Waals surface area contributed by atoms with E-state index in [-0.39, 0.29) is 0 Å². The fourth-order valence-corrected chi connectivity index (χ4v) is 3.77. The van der Waals surface area contributed by atoms with Crippen LogP contribution in [0.3, 0.4) is 0 Å². The van der Waals surface area contributed by atoms with E-state index in [1.54, 1.807) is 0 Å². The molecule has 1 saturated carbocycles. The Morgan fingerprint density at radius 2 is 2.00 bits per heavy atom. The van der Waals surface area contributed by atoms with E-state index >= 15 is 0 Å². The van der Waals surface area contributed by atoms with Crippen molar-refractivity contribution in [3.8, 4) is 0 Å². The lowest BCUT2D eigenvalue weighted by atomic mass is 10.1. The van der Waals surface area contributed by atoms with Gasteiger partial charge in [0.25, 0.3) is 0 Å². The molecule has 1 atom stereocenters. The molecule has 1 aliphatic carbocycles. The molecule has 2 aromatic heterocycles. The number of fused-ring (bicyclic) bond motifs is 1. The highest BCUT2D eigenvalue weighted by atomic mass is 16.3. The third kappa shape index (κ3) is 2.95. The lowest BCUT2D eigenvalue weighted by Crippen LogP contribution is -2.34. The molecule has 0 bridgehead atoms. The molecule has 0 spiro atoms. The Labute approximate surface area is 152 Å². The van der Waals surface area contributed by atoms with Crippen molar-refractivity contribution in [2.24, 2.45) is 0 Å². The maximum absolute atomic E-state index is 10.6. The second-order valence-corrected chi connectivity index (χ2v) is 7.29. The van der Waals surface area contributed by atoms with Crippen LogP contribution in [0.15, 0.2) is 48.8 Å². The van der Waals surface area contributed by atoms with Crippen molar-refractivity contribution >= 4 is 0 Å². The molecular weight excluding hydrogens is 326 g/mol. The molecule has 1 aromatic carbocycles. The Morgan fingerprint density at radius 3 is 2.81 bits per heavy atom. The standard InChI is InChI=1S/C20H23N5O/c26-20(15-4-2-1-3-5-15)18-12-17-13-23(10-11-25(17)22-18)14-19-21-8-9-24(19)16-6-7-16/h1-5,8-9,12,16,20,26H,6-7,10-11,13-14H2/t20-/m1/s1. The molecule has 2 aliphatic rings. The summed E-state index contributed by atoms with van der Waals surface area (Å²) in [4.78, 5) is 6.97.